The van der Waals surface area contributed by atoms with Crippen molar-refractivity contribution >= 4 is 22.4 Å². The maximum absolute atomic E-state index is 12.1. The monoisotopic (exact) mass is 268 g/mol. The summed E-state index contributed by atoms with van der Waals surface area (Å²) in [6.45, 7) is 9.10. The molecule has 18 heavy (non-hydrogen) atoms. The van der Waals surface area contributed by atoms with Crippen molar-refractivity contribution < 1.29 is 4.79 Å². The zero-order chi connectivity index (χ0) is 13.1. The van der Waals surface area contributed by atoms with Crippen molar-refractivity contribution in [3.8, 4) is 0 Å². The van der Waals surface area contributed by atoms with Crippen molar-refractivity contribution in [2.75, 3.05) is 31.1 Å². The Hall–Kier alpha value is -1.14. The lowest BCUT2D eigenvalue weighted by atomic mass is 10.2. The van der Waals surface area contributed by atoms with Gasteiger partial charge in [0.15, 0.2) is 5.13 Å². The number of nitrogens with zero attached hydrogens (tertiary/aromatic N) is 2. The lowest BCUT2D eigenvalue weighted by Crippen LogP contribution is -2.58. The van der Waals surface area contributed by atoms with Crippen LogP contribution >= 0.6 is 11.3 Å². The second kappa shape index (κ2) is 5.67. The van der Waals surface area contributed by atoms with Crippen molar-refractivity contribution in [3.63, 3.8) is 0 Å². The molecule has 0 radical (unpaired) electrons. The third-order valence-corrected chi connectivity index (χ3v) is 4.27. The number of carbonyl (C=O) groups excluding carboxylic acids is 1. The molecule has 2 rings (SSSR count). The van der Waals surface area contributed by atoms with Crippen LogP contribution in [0.1, 0.15) is 17.5 Å². The Labute approximate surface area is 112 Å². The molecular formula is C12H20N4OS. The number of thiazole rings is 1. The van der Waals surface area contributed by atoms with Gasteiger partial charge in [0, 0.05) is 31.1 Å². The number of nitrogens with one attached hydrogen (secondary N) is 2. The van der Waals surface area contributed by atoms with Crippen LogP contribution in [0.15, 0.2) is 0 Å². The van der Waals surface area contributed by atoms with Crippen LogP contribution < -0.4 is 15.5 Å². The average Bonchev–Trinajstić information content (AvgIpc) is 2.70. The van der Waals surface area contributed by atoms with Gasteiger partial charge in [-0.05, 0) is 20.8 Å². The minimum absolute atomic E-state index is 0.0789. The normalized spacial score (nSPS) is 19.9. The van der Waals surface area contributed by atoms with Gasteiger partial charge in [0.2, 0.25) is 5.91 Å². The van der Waals surface area contributed by atoms with Gasteiger partial charge in [0.25, 0.3) is 0 Å². The molecule has 1 unspecified atom stereocenters. The lowest BCUT2D eigenvalue weighted by molar-refractivity contribution is -0.122. The molecule has 1 aromatic rings. The van der Waals surface area contributed by atoms with Crippen LogP contribution in [-0.2, 0) is 4.79 Å². The van der Waals surface area contributed by atoms with Gasteiger partial charge in [-0.1, -0.05) is 0 Å². The van der Waals surface area contributed by atoms with Crippen molar-refractivity contribution in [1.82, 2.24) is 15.6 Å². The first-order valence-electron chi connectivity index (χ1n) is 6.32. The molecule has 6 heteroatoms. The maximum Gasteiger partial charge on any atom is 0.244 e. The largest absolute Gasteiger partial charge is 0.355 e. The van der Waals surface area contributed by atoms with Crippen molar-refractivity contribution in [3.05, 3.63) is 10.6 Å². The molecule has 1 aliphatic heterocycles. The topological polar surface area (TPSA) is 57.3 Å². The Kier molecular flexibility index (Phi) is 4.19. The molecule has 1 aliphatic rings. The molecule has 1 aromatic heterocycles. The molecule has 1 saturated heterocycles. The summed E-state index contributed by atoms with van der Waals surface area (Å²) in [5, 5.41) is 7.12. The van der Waals surface area contributed by atoms with Gasteiger partial charge >= 0.3 is 0 Å². The molecule has 2 N–H and O–H groups in total. The molecule has 5 nitrogen and oxygen atoms in total. The number of hydrogen-bond donors (Lipinski definition) is 2. The predicted octanol–water partition coefficient (Wildman–Crippen LogP) is 0.674. The van der Waals surface area contributed by atoms with Gasteiger partial charge in [0.05, 0.1) is 5.69 Å². The summed E-state index contributed by atoms with van der Waals surface area (Å²) in [5.41, 5.74) is 1.06. The van der Waals surface area contributed by atoms with Crippen molar-refractivity contribution in [2.24, 2.45) is 0 Å². The van der Waals surface area contributed by atoms with E-state index in [4.69, 9.17) is 0 Å². The number of amides is 1. The highest BCUT2D eigenvalue weighted by molar-refractivity contribution is 7.15. The van der Waals surface area contributed by atoms with E-state index in [9.17, 15) is 4.79 Å². The Morgan fingerprint density at radius 1 is 1.61 bits per heavy atom. The number of anilines is 1. The minimum Gasteiger partial charge on any atom is -0.355 e. The number of piperazine rings is 1. The Morgan fingerprint density at radius 2 is 2.39 bits per heavy atom. The van der Waals surface area contributed by atoms with Gasteiger partial charge < -0.3 is 15.5 Å². The molecular weight excluding hydrogens is 248 g/mol. The summed E-state index contributed by atoms with van der Waals surface area (Å²) >= 11 is 1.67. The van der Waals surface area contributed by atoms with Crippen LogP contribution in [0.25, 0.3) is 0 Å². The van der Waals surface area contributed by atoms with Gasteiger partial charge in [-0.2, -0.15) is 0 Å². The molecule has 0 bridgehead atoms. The van der Waals surface area contributed by atoms with Crippen LogP contribution in [-0.4, -0.2) is 43.1 Å². The van der Waals surface area contributed by atoms with Gasteiger partial charge in [-0.3, -0.25) is 4.79 Å². The van der Waals surface area contributed by atoms with E-state index in [0.717, 1.165) is 23.9 Å². The molecule has 0 aliphatic carbocycles. The van der Waals surface area contributed by atoms with E-state index in [1.165, 1.54) is 4.88 Å². The van der Waals surface area contributed by atoms with E-state index < -0.39 is 0 Å². The van der Waals surface area contributed by atoms with Gasteiger partial charge in [-0.15, -0.1) is 11.3 Å². The highest BCUT2D eigenvalue weighted by Crippen LogP contribution is 2.27. The fraction of sp³-hybridized carbons (Fsp3) is 0.667. The first kappa shape index (κ1) is 13.3. The smallest absolute Gasteiger partial charge is 0.244 e. The summed E-state index contributed by atoms with van der Waals surface area (Å²) in [4.78, 5) is 20.0. The van der Waals surface area contributed by atoms with E-state index in [2.05, 4.69) is 27.4 Å². The van der Waals surface area contributed by atoms with E-state index in [-0.39, 0.29) is 11.9 Å². The number of aromatic nitrogens is 1. The second-order valence-electron chi connectivity index (χ2n) is 4.45. The molecule has 1 fully saturated rings. The molecule has 0 aromatic carbocycles. The van der Waals surface area contributed by atoms with Gasteiger partial charge in [0.1, 0.15) is 6.04 Å². The van der Waals surface area contributed by atoms with Gasteiger partial charge in [-0.25, -0.2) is 4.98 Å². The Bertz CT molecular complexity index is 412. The fourth-order valence-electron chi connectivity index (χ4n) is 2.04. The highest BCUT2D eigenvalue weighted by Gasteiger charge is 2.30. The SMILES string of the molecule is CCNC(=O)C1CNCCN1c1nc(C)c(C)s1. The molecule has 0 saturated carbocycles. The van der Waals surface area contributed by atoms with E-state index in [1.54, 1.807) is 11.3 Å². The molecule has 0 spiro atoms. The van der Waals surface area contributed by atoms with E-state index in [1.807, 2.05) is 13.8 Å². The number of rotatable bonds is 3. The molecule has 100 valence electrons. The zero-order valence-corrected chi connectivity index (χ0v) is 11.9. The van der Waals surface area contributed by atoms with Crippen LogP contribution in [0.3, 0.4) is 0 Å². The van der Waals surface area contributed by atoms with Crippen LogP contribution in [0.4, 0.5) is 5.13 Å². The Balaban J connectivity index is 2.19. The first-order valence-corrected chi connectivity index (χ1v) is 7.14. The fourth-order valence-corrected chi connectivity index (χ4v) is 3.02. The number of likely N-dealkylation sites (N-methyl/N-ethyl adjacent to an activating group) is 1. The quantitative estimate of drug-likeness (QED) is 0.846. The van der Waals surface area contributed by atoms with Crippen molar-refractivity contribution in [2.45, 2.75) is 26.8 Å². The lowest BCUT2D eigenvalue weighted by Gasteiger charge is -2.34. The molecule has 2 heterocycles. The zero-order valence-electron chi connectivity index (χ0n) is 11.1. The number of aryl methyl sites for hydroxylation is 2. The highest BCUT2D eigenvalue weighted by atomic mass is 32.1. The summed E-state index contributed by atoms with van der Waals surface area (Å²) < 4.78 is 0. The van der Waals surface area contributed by atoms with Crippen LogP contribution in [0, 0.1) is 13.8 Å². The predicted molar refractivity (Wildman–Crippen MR) is 74.3 cm³/mol. The minimum atomic E-state index is -0.149. The summed E-state index contributed by atoms with van der Waals surface area (Å²) in [5.74, 6) is 0.0789. The standard InChI is InChI=1S/C12H20N4OS/c1-4-14-11(17)10-7-13-5-6-16(10)12-15-8(2)9(3)18-12/h10,13H,4-7H2,1-3H3,(H,14,17). The summed E-state index contributed by atoms with van der Waals surface area (Å²) in [6, 6.07) is -0.149. The number of carbonyl (C=O) groups is 1. The molecule has 1 atom stereocenters. The van der Waals surface area contributed by atoms with E-state index in [0.29, 0.717) is 13.1 Å². The maximum atomic E-state index is 12.1. The first-order chi connectivity index (χ1) is 8.63. The van der Waals surface area contributed by atoms with Crippen LogP contribution in [0.5, 0.6) is 0 Å². The van der Waals surface area contributed by atoms with E-state index >= 15 is 0 Å². The summed E-state index contributed by atoms with van der Waals surface area (Å²) in [6.07, 6.45) is 0. The molecule has 1 amide bonds. The van der Waals surface area contributed by atoms with Crippen molar-refractivity contribution in [1.29, 1.82) is 0 Å². The third-order valence-electron chi connectivity index (χ3n) is 3.16. The Morgan fingerprint density at radius 3 is 3.00 bits per heavy atom. The summed E-state index contributed by atoms with van der Waals surface area (Å²) in [7, 11) is 0. The van der Waals surface area contributed by atoms with Crippen LogP contribution in [0.2, 0.25) is 0 Å². The third kappa shape index (κ3) is 2.64. The average molecular weight is 268 g/mol. The number of hydrogen-bond acceptors (Lipinski definition) is 5. The second-order valence-corrected chi connectivity index (χ2v) is 5.63.